The van der Waals surface area contributed by atoms with Crippen LogP contribution in [-0.2, 0) is 34.5 Å². The topological polar surface area (TPSA) is 87.3 Å². The summed E-state index contributed by atoms with van der Waals surface area (Å²) in [5, 5.41) is 3.04. The molecule has 0 unspecified atom stereocenters. The number of amides is 2. The first-order valence-electron chi connectivity index (χ1n) is 13.7. The molecule has 0 atom stereocenters. The van der Waals surface area contributed by atoms with Gasteiger partial charge in [-0.1, -0.05) is 86.6 Å². The monoisotopic (exact) mass is 538 g/mol. The molecule has 0 aliphatic heterocycles. The number of nitrogens with zero attached hydrogens (tertiary/aromatic N) is 2. The van der Waals surface area contributed by atoms with Crippen LogP contribution in [0.15, 0.2) is 97.5 Å². The smallest absolute Gasteiger partial charge is 0.239 e. The Hall–Kier alpha value is -4.39. The summed E-state index contributed by atoms with van der Waals surface area (Å²) in [6, 6.07) is 28.1. The summed E-state index contributed by atoms with van der Waals surface area (Å²) in [6.45, 7) is 5.66. The minimum Gasteiger partial charge on any atom is -0.489 e. The Morgan fingerprint density at radius 2 is 1.60 bits per heavy atom. The van der Waals surface area contributed by atoms with E-state index in [2.05, 4.69) is 41.3 Å². The van der Waals surface area contributed by atoms with Gasteiger partial charge in [0, 0.05) is 36.8 Å². The molecule has 0 aliphatic carbocycles. The molecular weight excluding hydrogens is 500 g/mol. The maximum absolute atomic E-state index is 13.2. The van der Waals surface area contributed by atoms with E-state index in [1.807, 2.05) is 72.8 Å². The Labute approximate surface area is 236 Å². The fourth-order valence-electron chi connectivity index (χ4n) is 4.41. The predicted octanol–water partition coefficient (Wildman–Crippen LogP) is 5.09. The molecule has 1 heterocycles. The average molecular weight is 539 g/mol. The number of benzene rings is 3. The summed E-state index contributed by atoms with van der Waals surface area (Å²) >= 11 is 0. The van der Waals surface area contributed by atoms with Crippen LogP contribution >= 0.6 is 0 Å². The Balaban J connectivity index is 1.33. The van der Waals surface area contributed by atoms with Gasteiger partial charge in [-0.15, -0.1) is 0 Å². The molecule has 0 saturated heterocycles. The Morgan fingerprint density at radius 1 is 0.900 bits per heavy atom. The van der Waals surface area contributed by atoms with Crippen LogP contribution < -0.4 is 10.1 Å². The number of aryl methyl sites for hydroxylation is 1. The molecule has 0 spiro atoms. The van der Waals surface area contributed by atoms with E-state index >= 15 is 0 Å². The molecule has 4 aromatic rings. The zero-order valence-electron chi connectivity index (χ0n) is 23.3. The van der Waals surface area contributed by atoms with Crippen molar-refractivity contribution >= 4 is 11.8 Å². The van der Waals surface area contributed by atoms with Crippen LogP contribution in [-0.4, -0.2) is 46.3 Å². The lowest BCUT2D eigenvalue weighted by Crippen LogP contribution is -2.44. The molecule has 2 amide bonds. The third-order valence-corrected chi connectivity index (χ3v) is 6.98. The summed E-state index contributed by atoms with van der Waals surface area (Å²) in [6.07, 6.45) is 4.81. The van der Waals surface area contributed by atoms with E-state index in [0.717, 1.165) is 28.1 Å². The number of aromatic nitrogens is 2. The molecular formula is C33H38N4O3. The lowest BCUT2D eigenvalue weighted by Gasteiger charge is -2.27. The maximum Gasteiger partial charge on any atom is 0.239 e. The highest BCUT2D eigenvalue weighted by Crippen LogP contribution is 2.21. The van der Waals surface area contributed by atoms with Crippen molar-refractivity contribution in [3.63, 3.8) is 0 Å². The number of carbonyl (C=O) groups is 2. The minimum atomic E-state index is -0.225. The summed E-state index contributed by atoms with van der Waals surface area (Å²) < 4.78 is 5.89. The van der Waals surface area contributed by atoms with Crippen LogP contribution in [0.3, 0.4) is 0 Å². The molecule has 7 nitrogen and oxygen atoms in total. The fraction of sp³-hybridized carbons (Fsp3) is 0.303. The lowest BCUT2D eigenvalue weighted by molar-refractivity contribution is -0.136. The second-order valence-electron chi connectivity index (χ2n) is 10.6. The van der Waals surface area contributed by atoms with Crippen molar-refractivity contribution in [2.24, 2.45) is 0 Å². The van der Waals surface area contributed by atoms with Crippen molar-refractivity contribution in [2.45, 2.75) is 45.1 Å². The molecule has 1 aromatic heterocycles. The summed E-state index contributed by atoms with van der Waals surface area (Å²) in [7, 11) is 0. The highest BCUT2D eigenvalue weighted by molar-refractivity contribution is 5.85. The van der Waals surface area contributed by atoms with E-state index in [0.29, 0.717) is 39.0 Å². The van der Waals surface area contributed by atoms with E-state index in [1.165, 1.54) is 0 Å². The highest BCUT2D eigenvalue weighted by atomic mass is 16.5. The van der Waals surface area contributed by atoms with Crippen molar-refractivity contribution in [3.05, 3.63) is 120 Å². The third-order valence-electron chi connectivity index (χ3n) is 6.98. The van der Waals surface area contributed by atoms with Gasteiger partial charge in [-0.05, 0) is 41.7 Å². The van der Waals surface area contributed by atoms with Gasteiger partial charge >= 0.3 is 0 Å². The number of carbonyl (C=O) groups excluding carboxylic acids is 2. The zero-order valence-corrected chi connectivity index (χ0v) is 23.3. The van der Waals surface area contributed by atoms with Gasteiger partial charge in [0.1, 0.15) is 12.4 Å². The fourth-order valence-corrected chi connectivity index (χ4v) is 4.41. The Morgan fingerprint density at radius 3 is 2.27 bits per heavy atom. The average Bonchev–Trinajstić information content (AvgIpc) is 3.51. The van der Waals surface area contributed by atoms with Crippen LogP contribution in [0.4, 0.5) is 0 Å². The zero-order chi connectivity index (χ0) is 28.2. The Bertz CT molecular complexity index is 1320. The van der Waals surface area contributed by atoms with Crippen molar-refractivity contribution in [1.82, 2.24) is 20.2 Å². The summed E-state index contributed by atoms with van der Waals surface area (Å²) in [4.78, 5) is 34.9. The van der Waals surface area contributed by atoms with Gasteiger partial charge in [0.05, 0.1) is 12.9 Å². The SMILES string of the molecule is CC(C)(CNC(=O)CN(CCc1ccc(OCc2ccccc2)cc1)C(=O)CCc1cnc[nH]1)c1ccccc1. The van der Waals surface area contributed by atoms with Gasteiger partial charge in [0.25, 0.3) is 0 Å². The van der Waals surface area contributed by atoms with E-state index in [9.17, 15) is 9.59 Å². The van der Waals surface area contributed by atoms with Crippen molar-refractivity contribution in [2.75, 3.05) is 19.6 Å². The number of H-pyrrole nitrogens is 1. The van der Waals surface area contributed by atoms with Gasteiger partial charge in [-0.2, -0.15) is 0 Å². The number of ether oxygens (including phenoxy) is 1. The molecule has 2 N–H and O–H groups in total. The number of aromatic amines is 1. The quantitative estimate of drug-likeness (QED) is 0.234. The van der Waals surface area contributed by atoms with Crippen LogP contribution in [0.2, 0.25) is 0 Å². The van der Waals surface area contributed by atoms with E-state index in [4.69, 9.17) is 4.74 Å². The Kier molecular flexibility index (Phi) is 10.1. The van der Waals surface area contributed by atoms with Crippen LogP contribution in [0.5, 0.6) is 5.75 Å². The van der Waals surface area contributed by atoms with Crippen LogP contribution in [0.1, 0.15) is 42.7 Å². The molecule has 0 aliphatic rings. The normalized spacial score (nSPS) is 11.2. The number of imidazole rings is 1. The predicted molar refractivity (Wildman–Crippen MR) is 157 cm³/mol. The van der Waals surface area contributed by atoms with Gasteiger partial charge in [-0.3, -0.25) is 9.59 Å². The first kappa shape index (κ1) is 28.6. The molecule has 0 bridgehead atoms. The molecule has 40 heavy (non-hydrogen) atoms. The van der Waals surface area contributed by atoms with Crippen LogP contribution in [0, 0.1) is 0 Å². The van der Waals surface area contributed by atoms with Crippen molar-refractivity contribution in [3.8, 4) is 5.75 Å². The number of rotatable bonds is 14. The summed E-state index contributed by atoms with van der Waals surface area (Å²) in [5.41, 5.74) is 4.01. The van der Waals surface area contributed by atoms with Gasteiger partial charge in [0.15, 0.2) is 0 Å². The second-order valence-corrected chi connectivity index (χ2v) is 10.6. The third kappa shape index (κ3) is 8.83. The van der Waals surface area contributed by atoms with Gasteiger partial charge in [-0.25, -0.2) is 4.98 Å². The highest BCUT2D eigenvalue weighted by Gasteiger charge is 2.23. The van der Waals surface area contributed by atoms with Crippen molar-refractivity contribution < 1.29 is 14.3 Å². The lowest BCUT2D eigenvalue weighted by atomic mass is 9.84. The molecule has 0 saturated carbocycles. The molecule has 3 aromatic carbocycles. The number of hydrogen-bond donors (Lipinski definition) is 2. The van der Waals surface area contributed by atoms with Crippen molar-refractivity contribution in [1.29, 1.82) is 0 Å². The standard InChI is InChI=1S/C33H38N4O3/c1-33(2,28-11-7-4-8-12-28)24-35-31(38)22-37(32(39)18-15-29-21-34-25-36-29)20-19-26-13-16-30(17-14-26)40-23-27-9-5-3-6-10-27/h3-14,16-17,21,25H,15,18-20,22-24H2,1-2H3,(H,34,36)(H,35,38). The molecule has 7 heteroatoms. The molecule has 4 rings (SSSR count). The molecule has 208 valence electrons. The molecule has 0 fully saturated rings. The second kappa shape index (κ2) is 14.1. The molecule has 0 radical (unpaired) electrons. The number of hydrogen-bond acceptors (Lipinski definition) is 4. The first-order chi connectivity index (χ1) is 19.4. The maximum atomic E-state index is 13.2. The van der Waals surface area contributed by atoms with E-state index < -0.39 is 0 Å². The largest absolute Gasteiger partial charge is 0.489 e. The first-order valence-corrected chi connectivity index (χ1v) is 13.7. The van der Waals surface area contributed by atoms with E-state index in [-0.39, 0.29) is 23.8 Å². The van der Waals surface area contributed by atoms with Crippen LogP contribution in [0.25, 0.3) is 0 Å². The van der Waals surface area contributed by atoms with Gasteiger partial charge < -0.3 is 19.9 Å². The minimum absolute atomic E-state index is 0.0188. The van der Waals surface area contributed by atoms with E-state index in [1.54, 1.807) is 17.4 Å². The number of nitrogens with one attached hydrogen (secondary N) is 2. The van der Waals surface area contributed by atoms with Gasteiger partial charge in [0.2, 0.25) is 11.8 Å². The summed E-state index contributed by atoms with van der Waals surface area (Å²) in [5.74, 6) is 0.568.